The van der Waals surface area contributed by atoms with Crippen molar-refractivity contribution in [3.63, 3.8) is 0 Å². The van der Waals surface area contributed by atoms with Gasteiger partial charge in [-0.3, -0.25) is 9.20 Å². The van der Waals surface area contributed by atoms with Gasteiger partial charge in [0.1, 0.15) is 5.69 Å². The van der Waals surface area contributed by atoms with Gasteiger partial charge in [-0.25, -0.2) is 4.98 Å². The molecule has 5 nitrogen and oxygen atoms in total. The third kappa shape index (κ3) is 1.81. The van der Waals surface area contributed by atoms with Crippen molar-refractivity contribution < 1.29 is 9.90 Å². The van der Waals surface area contributed by atoms with E-state index in [1.165, 1.54) is 16.2 Å². The molecule has 0 unspecified atom stereocenters. The van der Waals surface area contributed by atoms with Crippen molar-refractivity contribution in [2.45, 2.75) is 6.92 Å². The number of rotatable bonds is 3. The van der Waals surface area contributed by atoms with Crippen molar-refractivity contribution in [2.24, 2.45) is 0 Å². The molecule has 0 spiro atoms. The summed E-state index contributed by atoms with van der Waals surface area (Å²) in [7, 11) is 1.65. The van der Waals surface area contributed by atoms with Gasteiger partial charge in [-0.2, -0.15) is 0 Å². The molecule has 0 fully saturated rings. The predicted molar refractivity (Wildman–Crippen MR) is 61.9 cm³/mol. The van der Waals surface area contributed by atoms with Gasteiger partial charge in [0.2, 0.25) is 0 Å². The number of aryl methyl sites for hydroxylation is 1. The van der Waals surface area contributed by atoms with Crippen LogP contribution in [-0.4, -0.2) is 45.5 Å². The number of aliphatic hydroxyl groups is 1. The fourth-order valence-electron chi connectivity index (χ4n) is 1.44. The second-order valence-electron chi connectivity index (χ2n) is 3.61. The highest BCUT2D eigenvalue weighted by molar-refractivity contribution is 7.15. The molecule has 0 aliphatic carbocycles. The minimum absolute atomic E-state index is 0.0382. The maximum Gasteiger partial charge on any atom is 0.273 e. The zero-order valence-electron chi connectivity index (χ0n) is 9.17. The lowest BCUT2D eigenvalue weighted by atomic mass is 10.4. The van der Waals surface area contributed by atoms with E-state index in [1.807, 2.05) is 16.7 Å². The van der Waals surface area contributed by atoms with Crippen molar-refractivity contribution in [1.82, 2.24) is 14.3 Å². The van der Waals surface area contributed by atoms with Crippen LogP contribution >= 0.6 is 11.3 Å². The molecule has 1 amide bonds. The first-order chi connectivity index (χ1) is 7.63. The summed E-state index contributed by atoms with van der Waals surface area (Å²) in [6, 6.07) is 0. The van der Waals surface area contributed by atoms with Crippen LogP contribution in [0.25, 0.3) is 4.96 Å². The monoisotopic (exact) mass is 239 g/mol. The molecule has 0 aliphatic rings. The zero-order valence-corrected chi connectivity index (χ0v) is 9.99. The Balaban J connectivity index is 2.29. The van der Waals surface area contributed by atoms with E-state index >= 15 is 0 Å². The number of amides is 1. The highest BCUT2D eigenvalue weighted by atomic mass is 32.1. The van der Waals surface area contributed by atoms with Crippen LogP contribution in [0, 0.1) is 6.92 Å². The molecule has 2 aromatic heterocycles. The fraction of sp³-hybridized carbons (Fsp3) is 0.400. The van der Waals surface area contributed by atoms with Crippen molar-refractivity contribution in [3.8, 4) is 0 Å². The second-order valence-corrected chi connectivity index (χ2v) is 4.44. The van der Waals surface area contributed by atoms with E-state index in [1.54, 1.807) is 13.2 Å². The zero-order chi connectivity index (χ0) is 11.7. The summed E-state index contributed by atoms with van der Waals surface area (Å²) in [5.41, 5.74) is 1.49. The van der Waals surface area contributed by atoms with Crippen LogP contribution in [0.1, 0.15) is 16.2 Å². The predicted octanol–water partition coefficient (Wildman–Crippen LogP) is 0.769. The summed E-state index contributed by atoms with van der Waals surface area (Å²) in [6.45, 7) is 2.25. The number of aliphatic hydroxyl groups excluding tert-OH is 1. The van der Waals surface area contributed by atoms with Gasteiger partial charge in [0, 0.05) is 30.9 Å². The summed E-state index contributed by atoms with van der Waals surface area (Å²) in [5, 5.41) is 10.8. The van der Waals surface area contributed by atoms with Crippen molar-refractivity contribution >= 4 is 22.2 Å². The van der Waals surface area contributed by atoms with Crippen LogP contribution < -0.4 is 0 Å². The average molecular weight is 239 g/mol. The van der Waals surface area contributed by atoms with Gasteiger partial charge >= 0.3 is 0 Å². The fourth-order valence-corrected chi connectivity index (χ4v) is 2.29. The van der Waals surface area contributed by atoms with E-state index in [4.69, 9.17) is 5.11 Å². The molecular formula is C10H13N3O2S. The van der Waals surface area contributed by atoms with E-state index < -0.39 is 0 Å². The Kier molecular flexibility index (Phi) is 2.93. The SMILES string of the molecule is Cc1csc2nc(C(=O)N(C)CCO)cn12. The molecule has 6 heteroatoms. The summed E-state index contributed by atoms with van der Waals surface area (Å²) >= 11 is 1.51. The minimum atomic E-state index is -0.163. The first-order valence-corrected chi connectivity index (χ1v) is 5.81. The van der Waals surface area contributed by atoms with Crippen LogP contribution in [0.3, 0.4) is 0 Å². The molecule has 2 rings (SSSR count). The molecule has 0 aromatic carbocycles. The van der Waals surface area contributed by atoms with Gasteiger partial charge in [-0.1, -0.05) is 0 Å². The molecule has 2 heterocycles. The second kappa shape index (κ2) is 4.23. The van der Waals surface area contributed by atoms with Crippen LogP contribution in [0.15, 0.2) is 11.6 Å². The molecule has 0 saturated carbocycles. The number of hydrogen-bond acceptors (Lipinski definition) is 4. The lowest BCUT2D eigenvalue weighted by molar-refractivity contribution is 0.0762. The third-order valence-corrected chi connectivity index (χ3v) is 3.35. The first kappa shape index (κ1) is 11.1. The number of hydrogen-bond donors (Lipinski definition) is 1. The van der Waals surface area contributed by atoms with E-state index in [-0.39, 0.29) is 12.5 Å². The number of carbonyl (C=O) groups is 1. The van der Waals surface area contributed by atoms with E-state index in [9.17, 15) is 4.79 Å². The van der Waals surface area contributed by atoms with Crippen LogP contribution in [-0.2, 0) is 0 Å². The molecular weight excluding hydrogens is 226 g/mol. The lowest BCUT2D eigenvalue weighted by Crippen LogP contribution is -2.29. The number of carbonyl (C=O) groups excluding carboxylic acids is 1. The molecule has 86 valence electrons. The molecule has 0 bridgehead atoms. The molecule has 0 atom stereocenters. The van der Waals surface area contributed by atoms with E-state index in [2.05, 4.69) is 4.98 Å². The summed E-state index contributed by atoms with van der Waals surface area (Å²) in [5.74, 6) is -0.163. The largest absolute Gasteiger partial charge is 0.395 e. The number of likely N-dealkylation sites (N-methyl/N-ethyl adjacent to an activating group) is 1. The standard InChI is InChI=1S/C10H13N3O2S/c1-7-6-16-10-11-8(5-13(7)10)9(15)12(2)3-4-14/h5-6,14H,3-4H2,1-2H3. The van der Waals surface area contributed by atoms with E-state index in [0.717, 1.165) is 10.7 Å². The number of fused-ring (bicyclic) bond motifs is 1. The van der Waals surface area contributed by atoms with Gasteiger partial charge in [-0.15, -0.1) is 11.3 Å². The Hall–Kier alpha value is -1.40. The molecule has 0 aliphatic heterocycles. The van der Waals surface area contributed by atoms with Crippen LogP contribution in [0.4, 0.5) is 0 Å². The Morgan fingerprint density at radius 3 is 3.06 bits per heavy atom. The van der Waals surface area contributed by atoms with Crippen molar-refractivity contribution in [1.29, 1.82) is 0 Å². The smallest absolute Gasteiger partial charge is 0.273 e. The molecule has 0 radical (unpaired) electrons. The highest BCUT2D eigenvalue weighted by Gasteiger charge is 2.16. The van der Waals surface area contributed by atoms with Crippen molar-refractivity contribution in [3.05, 3.63) is 23.0 Å². The van der Waals surface area contributed by atoms with Gasteiger partial charge in [-0.05, 0) is 6.92 Å². The number of nitrogens with zero attached hydrogens (tertiary/aromatic N) is 3. The lowest BCUT2D eigenvalue weighted by Gasteiger charge is -2.13. The number of imidazole rings is 1. The van der Waals surface area contributed by atoms with E-state index in [0.29, 0.717) is 12.2 Å². The maximum absolute atomic E-state index is 11.9. The van der Waals surface area contributed by atoms with Crippen LogP contribution in [0.2, 0.25) is 0 Å². The molecule has 2 aromatic rings. The van der Waals surface area contributed by atoms with Gasteiger partial charge in [0.05, 0.1) is 6.61 Å². The third-order valence-electron chi connectivity index (χ3n) is 2.39. The summed E-state index contributed by atoms with van der Waals surface area (Å²) in [6.07, 6.45) is 1.73. The number of aromatic nitrogens is 2. The Morgan fingerprint density at radius 2 is 2.44 bits per heavy atom. The Labute approximate surface area is 96.9 Å². The maximum atomic E-state index is 11.9. The average Bonchev–Trinajstić information content (AvgIpc) is 2.81. The summed E-state index contributed by atoms with van der Waals surface area (Å²) in [4.78, 5) is 18.4. The topological polar surface area (TPSA) is 57.8 Å². The Bertz CT molecular complexity index is 517. The van der Waals surface area contributed by atoms with Crippen LogP contribution in [0.5, 0.6) is 0 Å². The Morgan fingerprint density at radius 1 is 1.69 bits per heavy atom. The van der Waals surface area contributed by atoms with Gasteiger partial charge in [0.15, 0.2) is 4.96 Å². The van der Waals surface area contributed by atoms with Crippen molar-refractivity contribution in [2.75, 3.05) is 20.2 Å². The number of thiazole rings is 1. The quantitative estimate of drug-likeness (QED) is 0.860. The normalized spacial score (nSPS) is 10.9. The first-order valence-electron chi connectivity index (χ1n) is 4.93. The molecule has 0 saturated heterocycles. The molecule has 1 N–H and O–H groups in total. The molecule has 16 heavy (non-hydrogen) atoms. The highest BCUT2D eigenvalue weighted by Crippen LogP contribution is 2.16. The minimum Gasteiger partial charge on any atom is -0.395 e. The summed E-state index contributed by atoms with van der Waals surface area (Å²) < 4.78 is 1.89. The van der Waals surface area contributed by atoms with Gasteiger partial charge in [0.25, 0.3) is 5.91 Å². The van der Waals surface area contributed by atoms with Gasteiger partial charge < -0.3 is 10.0 Å².